The minimum absolute atomic E-state index is 0.134. The number of nitrogens with one attached hydrogen (secondary N) is 2. The van der Waals surface area contributed by atoms with Crippen molar-refractivity contribution in [2.45, 2.75) is 57.4 Å². The Kier molecular flexibility index (Phi) is 5.82. The molecule has 0 saturated heterocycles. The van der Waals surface area contributed by atoms with Crippen molar-refractivity contribution in [3.63, 3.8) is 0 Å². The zero-order valence-electron chi connectivity index (χ0n) is 12.9. The Morgan fingerprint density at radius 1 is 1.33 bits per heavy atom. The lowest BCUT2D eigenvalue weighted by Gasteiger charge is -2.23. The summed E-state index contributed by atoms with van der Waals surface area (Å²) >= 11 is 1.50. The summed E-state index contributed by atoms with van der Waals surface area (Å²) in [5.74, 6) is 0. The molecule has 1 aromatic rings. The minimum Gasteiger partial charge on any atom is -0.312 e. The number of hydrogen-bond donors (Lipinski definition) is 2. The third kappa shape index (κ3) is 4.77. The molecule has 1 aromatic heterocycles. The van der Waals surface area contributed by atoms with Gasteiger partial charge in [0.2, 0.25) is 10.0 Å². The summed E-state index contributed by atoms with van der Waals surface area (Å²) in [6.45, 7) is 6.54. The molecule has 0 aliphatic heterocycles. The Balaban J connectivity index is 1.92. The fourth-order valence-corrected chi connectivity index (χ4v) is 5.18. The first-order chi connectivity index (χ1) is 9.95. The molecule has 4 nitrogen and oxygen atoms in total. The number of hydrogen-bond acceptors (Lipinski definition) is 4. The van der Waals surface area contributed by atoms with Crippen LogP contribution in [0.5, 0.6) is 0 Å². The van der Waals surface area contributed by atoms with Crippen LogP contribution < -0.4 is 10.0 Å². The summed E-state index contributed by atoms with van der Waals surface area (Å²) in [6, 6.07) is 1.78. The molecule has 21 heavy (non-hydrogen) atoms. The predicted octanol–water partition coefficient (Wildman–Crippen LogP) is 3.11. The molecule has 0 radical (unpaired) electrons. The fraction of sp³-hybridized carbons (Fsp3) is 0.733. The van der Waals surface area contributed by atoms with E-state index in [1.54, 1.807) is 11.4 Å². The lowest BCUT2D eigenvalue weighted by Crippen LogP contribution is -2.33. The smallest absolute Gasteiger partial charge is 0.241 e. The van der Waals surface area contributed by atoms with Crippen molar-refractivity contribution in [1.82, 2.24) is 10.0 Å². The van der Waals surface area contributed by atoms with Crippen LogP contribution in [0.3, 0.4) is 0 Å². The zero-order chi connectivity index (χ0) is 15.3. The van der Waals surface area contributed by atoms with E-state index in [0.29, 0.717) is 11.4 Å². The van der Waals surface area contributed by atoms with Crippen LogP contribution in [0.1, 0.15) is 50.8 Å². The molecule has 0 unspecified atom stereocenters. The standard InChI is InChI=1S/C15H26N2O2S2/c1-3-8-16-10-13-9-14(11-20-13)21(18,19)17-12-15(2)6-4-5-7-15/h9,11,16-17H,3-8,10,12H2,1-2H3. The van der Waals surface area contributed by atoms with Crippen molar-refractivity contribution in [3.8, 4) is 0 Å². The third-order valence-electron chi connectivity index (χ3n) is 4.17. The van der Waals surface area contributed by atoms with Crippen LogP contribution in [0.2, 0.25) is 0 Å². The van der Waals surface area contributed by atoms with E-state index in [1.807, 2.05) is 0 Å². The summed E-state index contributed by atoms with van der Waals surface area (Å²) < 4.78 is 27.5. The third-order valence-corrected chi connectivity index (χ3v) is 6.63. The van der Waals surface area contributed by atoms with E-state index in [1.165, 1.54) is 24.2 Å². The van der Waals surface area contributed by atoms with Crippen molar-refractivity contribution in [2.24, 2.45) is 5.41 Å². The summed E-state index contributed by atoms with van der Waals surface area (Å²) in [7, 11) is -3.36. The molecular formula is C15H26N2O2S2. The Morgan fingerprint density at radius 2 is 2.05 bits per heavy atom. The summed E-state index contributed by atoms with van der Waals surface area (Å²) in [6.07, 6.45) is 5.74. The van der Waals surface area contributed by atoms with E-state index in [2.05, 4.69) is 23.9 Å². The van der Waals surface area contributed by atoms with Gasteiger partial charge < -0.3 is 5.32 Å². The van der Waals surface area contributed by atoms with E-state index in [4.69, 9.17) is 0 Å². The van der Waals surface area contributed by atoms with Gasteiger partial charge in [-0.2, -0.15) is 0 Å². The molecule has 0 amide bonds. The van der Waals surface area contributed by atoms with Crippen LogP contribution >= 0.6 is 11.3 Å². The largest absolute Gasteiger partial charge is 0.312 e. The van der Waals surface area contributed by atoms with Crippen molar-refractivity contribution in [1.29, 1.82) is 0 Å². The van der Waals surface area contributed by atoms with Gasteiger partial charge in [0, 0.05) is 23.3 Å². The van der Waals surface area contributed by atoms with Gasteiger partial charge in [0.25, 0.3) is 0 Å². The number of thiophene rings is 1. The maximum atomic E-state index is 12.3. The Labute approximate surface area is 132 Å². The predicted molar refractivity (Wildman–Crippen MR) is 88.1 cm³/mol. The molecule has 1 aliphatic carbocycles. The van der Waals surface area contributed by atoms with Gasteiger partial charge in [-0.15, -0.1) is 11.3 Å². The van der Waals surface area contributed by atoms with E-state index in [0.717, 1.165) is 37.2 Å². The first kappa shape index (κ1) is 16.9. The van der Waals surface area contributed by atoms with Crippen molar-refractivity contribution >= 4 is 21.4 Å². The normalized spacial score (nSPS) is 18.2. The average Bonchev–Trinajstić information content (AvgIpc) is 3.07. The molecule has 1 saturated carbocycles. The van der Waals surface area contributed by atoms with E-state index < -0.39 is 10.0 Å². The Hall–Kier alpha value is -0.430. The monoisotopic (exact) mass is 330 g/mol. The fourth-order valence-electron chi connectivity index (χ4n) is 2.74. The first-order valence-electron chi connectivity index (χ1n) is 7.73. The molecule has 0 aromatic carbocycles. The molecule has 120 valence electrons. The molecule has 0 atom stereocenters. The average molecular weight is 331 g/mol. The zero-order valence-corrected chi connectivity index (χ0v) is 14.6. The second-order valence-corrected chi connectivity index (χ2v) is 9.03. The van der Waals surface area contributed by atoms with E-state index in [-0.39, 0.29) is 5.41 Å². The number of rotatable bonds is 8. The second kappa shape index (κ2) is 7.22. The van der Waals surface area contributed by atoms with Crippen molar-refractivity contribution < 1.29 is 8.42 Å². The van der Waals surface area contributed by atoms with Crippen LogP contribution in [-0.2, 0) is 16.6 Å². The van der Waals surface area contributed by atoms with Gasteiger partial charge in [-0.3, -0.25) is 0 Å². The molecule has 0 spiro atoms. The molecule has 0 bridgehead atoms. The van der Waals surface area contributed by atoms with Gasteiger partial charge in [-0.1, -0.05) is 26.7 Å². The molecule has 1 fully saturated rings. The van der Waals surface area contributed by atoms with Gasteiger partial charge in [-0.05, 0) is 37.3 Å². The van der Waals surface area contributed by atoms with Crippen LogP contribution in [0.25, 0.3) is 0 Å². The molecule has 2 rings (SSSR count). The molecule has 2 N–H and O–H groups in total. The van der Waals surface area contributed by atoms with Gasteiger partial charge in [0.1, 0.15) is 0 Å². The van der Waals surface area contributed by atoms with Gasteiger partial charge >= 0.3 is 0 Å². The summed E-state index contributed by atoms with van der Waals surface area (Å²) in [5.41, 5.74) is 0.134. The highest BCUT2D eigenvalue weighted by molar-refractivity contribution is 7.89. The highest BCUT2D eigenvalue weighted by Crippen LogP contribution is 2.37. The highest BCUT2D eigenvalue weighted by Gasteiger charge is 2.30. The molecule has 1 aliphatic rings. The van der Waals surface area contributed by atoms with Crippen LogP contribution in [0.15, 0.2) is 16.3 Å². The van der Waals surface area contributed by atoms with Gasteiger partial charge in [0.15, 0.2) is 0 Å². The number of sulfonamides is 1. The van der Waals surface area contributed by atoms with Crippen LogP contribution in [0, 0.1) is 5.41 Å². The maximum Gasteiger partial charge on any atom is 0.241 e. The van der Waals surface area contributed by atoms with E-state index >= 15 is 0 Å². The maximum absolute atomic E-state index is 12.3. The summed E-state index contributed by atoms with van der Waals surface area (Å²) in [4.78, 5) is 1.47. The quantitative estimate of drug-likeness (QED) is 0.720. The molecule has 1 heterocycles. The van der Waals surface area contributed by atoms with Gasteiger partial charge in [-0.25, -0.2) is 13.1 Å². The van der Waals surface area contributed by atoms with Gasteiger partial charge in [0.05, 0.1) is 4.90 Å². The molecular weight excluding hydrogens is 304 g/mol. The topological polar surface area (TPSA) is 58.2 Å². The second-order valence-electron chi connectivity index (χ2n) is 6.27. The van der Waals surface area contributed by atoms with Crippen LogP contribution in [0.4, 0.5) is 0 Å². The Bertz CT molecular complexity index is 546. The van der Waals surface area contributed by atoms with E-state index in [9.17, 15) is 8.42 Å². The van der Waals surface area contributed by atoms with Crippen LogP contribution in [-0.4, -0.2) is 21.5 Å². The SMILES string of the molecule is CCCNCc1cc(S(=O)(=O)NCC2(C)CCCC2)cs1. The summed E-state index contributed by atoms with van der Waals surface area (Å²) in [5, 5.41) is 5.03. The molecule has 6 heteroatoms. The highest BCUT2D eigenvalue weighted by atomic mass is 32.2. The lowest BCUT2D eigenvalue weighted by atomic mass is 9.89. The van der Waals surface area contributed by atoms with Crippen molar-refractivity contribution in [2.75, 3.05) is 13.1 Å². The van der Waals surface area contributed by atoms with Crippen molar-refractivity contribution in [3.05, 3.63) is 16.3 Å². The Morgan fingerprint density at radius 3 is 2.71 bits per heavy atom. The minimum atomic E-state index is -3.36. The lowest BCUT2D eigenvalue weighted by molar-refractivity contribution is 0.336. The first-order valence-corrected chi connectivity index (χ1v) is 10.1.